The summed E-state index contributed by atoms with van der Waals surface area (Å²) >= 11 is 0. The van der Waals surface area contributed by atoms with Gasteiger partial charge in [0.15, 0.2) is 0 Å². The number of ketones is 1. The van der Waals surface area contributed by atoms with Crippen LogP contribution in [0.1, 0.15) is 26.2 Å². The number of Topliss-reactive ketones (excluding diaryl/α,β-unsaturated/α-hetero) is 1. The summed E-state index contributed by atoms with van der Waals surface area (Å²) in [6.07, 6.45) is 5.97. The molecule has 1 N–H and O–H groups in total. The number of aliphatic carboxylic acids is 1. The van der Waals surface area contributed by atoms with Crippen LogP contribution in [0.15, 0.2) is 23.3 Å². The van der Waals surface area contributed by atoms with E-state index in [9.17, 15) is 9.59 Å². The van der Waals surface area contributed by atoms with E-state index in [0.717, 1.165) is 24.8 Å². The summed E-state index contributed by atoms with van der Waals surface area (Å²) in [5.41, 5.74) is 1.47. The lowest BCUT2D eigenvalue weighted by molar-refractivity contribution is -0.147. The smallest absolute Gasteiger partial charge is 0.377 e. The number of carboxylic acid groups (broad SMARTS) is 1. The van der Waals surface area contributed by atoms with Crippen LogP contribution in [0, 0.1) is 0 Å². The third-order valence-electron chi connectivity index (χ3n) is 2.10. The van der Waals surface area contributed by atoms with Crippen molar-refractivity contribution in [2.45, 2.75) is 26.2 Å². The van der Waals surface area contributed by atoms with Gasteiger partial charge in [0.05, 0.1) is 0 Å². The zero-order valence-electron chi connectivity index (χ0n) is 7.54. The first-order valence-corrected chi connectivity index (χ1v) is 4.32. The Hall–Kier alpha value is -1.38. The molecule has 0 heterocycles. The van der Waals surface area contributed by atoms with Gasteiger partial charge in [-0.25, -0.2) is 4.79 Å². The van der Waals surface area contributed by atoms with Crippen molar-refractivity contribution in [2.75, 3.05) is 0 Å². The number of hydrogen-bond acceptors (Lipinski definition) is 2. The predicted molar refractivity (Wildman–Crippen MR) is 48.3 cm³/mol. The molecular formula is C10H12O3. The first kappa shape index (κ1) is 9.71. The molecule has 0 atom stereocenters. The molecule has 0 aliphatic heterocycles. The quantitative estimate of drug-likeness (QED) is 0.672. The molecule has 0 aromatic carbocycles. The second-order valence-corrected chi connectivity index (χ2v) is 2.99. The topological polar surface area (TPSA) is 54.4 Å². The van der Waals surface area contributed by atoms with E-state index in [2.05, 4.69) is 0 Å². The minimum Gasteiger partial charge on any atom is -0.475 e. The summed E-state index contributed by atoms with van der Waals surface area (Å²) < 4.78 is 0. The fourth-order valence-corrected chi connectivity index (χ4v) is 1.32. The van der Waals surface area contributed by atoms with Crippen molar-refractivity contribution < 1.29 is 14.7 Å². The van der Waals surface area contributed by atoms with Crippen LogP contribution in [0.2, 0.25) is 0 Å². The summed E-state index contributed by atoms with van der Waals surface area (Å²) in [5.74, 6) is -2.18. The Kier molecular flexibility index (Phi) is 3.01. The SMILES string of the molecule is CCC1=CC(C(=O)C(=O)O)=CCC1. The molecule has 0 unspecified atom stereocenters. The average molecular weight is 180 g/mol. The maximum Gasteiger partial charge on any atom is 0.377 e. The highest BCUT2D eigenvalue weighted by Gasteiger charge is 2.17. The Bertz CT molecular complexity index is 297. The average Bonchev–Trinajstić information content (AvgIpc) is 2.16. The molecule has 0 amide bonds. The molecule has 13 heavy (non-hydrogen) atoms. The van der Waals surface area contributed by atoms with Gasteiger partial charge in [-0.2, -0.15) is 0 Å². The van der Waals surface area contributed by atoms with Gasteiger partial charge in [-0.05, 0) is 19.3 Å². The first-order chi connectivity index (χ1) is 6.15. The molecule has 0 aromatic heterocycles. The van der Waals surface area contributed by atoms with Crippen LogP contribution in [0.3, 0.4) is 0 Å². The molecule has 0 saturated heterocycles. The molecule has 1 rings (SSSR count). The number of carboxylic acids is 1. The van der Waals surface area contributed by atoms with E-state index in [0.29, 0.717) is 5.57 Å². The molecule has 0 aromatic rings. The van der Waals surface area contributed by atoms with Gasteiger partial charge in [0, 0.05) is 5.57 Å². The molecule has 3 nitrogen and oxygen atoms in total. The lowest BCUT2D eigenvalue weighted by atomic mass is 9.95. The van der Waals surface area contributed by atoms with E-state index in [1.807, 2.05) is 6.92 Å². The zero-order chi connectivity index (χ0) is 9.84. The first-order valence-electron chi connectivity index (χ1n) is 4.32. The molecule has 0 bridgehead atoms. The summed E-state index contributed by atoms with van der Waals surface area (Å²) in [5, 5.41) is 8.47. The summed E-state index contributed by atoms with van der Waals surface area (Å²) in [4.78, 5) is 21.4. The van der Waals surface area contributed by atoms with Crippen molar-refractivity contribution in [3.63, 3.8) is 0 Å². The number of carbonyl (C=O) groups excluding carboxylic acids is 1. The van der Waals surface area contributed by atoms with Gasteiger partial charge in [0.1, 0.15) is 0 Å². The van der Waals surface area contributed by atoms with Crippen LogP contribution in [-0.4, -0.2) is 16.9 Å². The second kappa shape index (κ2) is 4.03. The van der Waals surface area contributed by atoms with E-state index in [4.69, 9.17) is 5.11 Å². The molecule has 3 heteroatoms. The zero-order valence-corrected chi connectivity index (χ0v) is 7.54. The molecule has 1 aliphatic rings. The highest BCUT2D eigenvalue weighted by molar-refractivity contribution is 6.40. The van der Waals surface area contributed by atoms with E-state index in [-0.39, 0.29) is 0 Å². The Morgan fingerprint density at radius 3 is 2.77 bits per heavy atom. The normalized spacial score (nSPS) is 16.1. The predicted octanol–water partition coefficient (Wildman–Crippen LogP) is 1.70. The van der Waals surface area contributed by atoms with Gasteiger partial charge in [0.25, 0.3) is 5.78 Å². The van der Waals surface area contributed by atoms with Crippen LogP contribution >= 0.6 is 0 Å². The lowest BCUT2D eigenvalue weighted by Crippen LogP contribution is -2.15. The molecule has 0 radical (unpaired) electrons. The van der Waals surface area contributed by atoms with Crippen LogP contribution in [0.5, 0.6) is 0 Å². The summed E-state index contributed by atoms with van der Waals surface area (Å²) in [6.45, 7) is 2.00. The Morgan fingerprint density at radius 1 is 1.54 bits per heavy atom. The third-order valence-corrected chi connectivity index (χ3v) is 2.10. The molecule has 70 valence electrons. The van der Waals surface area contributed by atoms with Gasteiger partial charge in [-0.3, -0.25) is 4.79 Å². The van der Waals surface area contributed by atoms with Crippen LogP contribution in [-0.2, 0) is 9.59 Å². The standard InChI is InChI=1S/C10H12O3/c1-2-7-4-3-5-8(6-7)9(11)10(12)13/h5-6H,2-4H2,1H3,(H,12,13). The number of hydrogen-bond donors (Lipinski definition) is 1. The largest absolute Gasteiger partial charge is 0.475 e. The molecular weight excluding hydrogens is 168 g/mol. The van der Waals surface area contributed by atoms with Crippen molar-refractivity contribution in [3.8, 4) is 0 Å². The second-order valence-electron chi connectivity index (χ2n) is 2.99. The minimum atomic E-state index is -1.38. The van der Waals surface area contributed by atoms with Crippen LogP contribution in [0.4, 0.5) is 0 Å². The fourth-order valence-electron chi connectivity index (χ4n) is 1.32. The van der Waals surface area contributed by atoms with Crippen molar-refractivity contribution in [2.24, 2.45) is 0 Å². The van der Waals surface area contributed by atoms with Crippen molar-refractivity contribution in [3.05, 3.63) is 23.3 Å². The van der Waals surface area contributed by atoms with E-state index in [1.165, 1.54) is 0 Å². The summed E-state index contributed by atoms with van der Waals surface area (Å²) in [6, 6.07) is 0. The molecule has 0 spiro atoms. The van der Waals surface area contributed by atoms with Crippen LogP contribution < -0.4 is 0 Å². The third kappa shape index (κ3) is 2.28. The van der Waals surface area contributed by atoms with Crippen LogP contribution in [0.25, 0.3) is 0 Å². The molecule has 0 saturated carbocycles. The fraction of sp³-hybridized carbons (Fsp3) is 0.400. The lowest BCUT2D eigenvalue weighted by Gasteiger charge is -2.09. The molecule has 1 aliphatic carbocycles. The van der Waals surface area contributed by atoms with Crippen molar-refractivity contribution in [1.29, 1.82) is 0 Å². The van der Waals surface area contributed by atoms with E-state index < -0.39 is 11.8 Å². The van der Waals surface area contributed by atoms with E-state index >= 15 is 0 Å². The number of carbonyl (C=O) groups is 2. The van der Waals surface area contributed by atoms with Gasteiger partial charge >= 0.3 is 5.97 Å². The highest BCUT2D eigenvalue weighted by atomic mass is 16.4. The van der Waals surface area contributed by atoms with E-state index in [1.54, 1.807) is 12.2 Å². The van der Waals surface area contributed by atoms with Gasteiger partial charge in [-0.1, -0.05) is 24.6 Å². The number of rotatable bonds is 3. The van der Waals surface area contributed by atoms with Gasteiger partial charge in [-0.15, -0.1) is 0 Å². The molecule has 0 fully saturated rings. The highest BCUT2D eigenvalue weighted by Crippen LogP contribution is 2.20. The maximum absolute atomic E-state index is 11.0. The Balaban J connectivity index is 2.82. The van der Waals surface area contributed by atoms with Crippen molar-refractivity contribution in [1.82, 2.24) is 0 Å². The number of allylic oxidation sites excluding steroid dienone is 3. The van der Waals surface area contributed by atoms with Gasteiger partial charge in [0.2, 0.25) is 0 Å². The Labute approximate surface area is 76.8 Å². The van der Waals surface area contributed by atoms with Crippen molar-refractivity contribution >= 4 is 11.8 Å². The Morgan fingerprint density at radius 2 is 2.23 bits per heavy atom. The maximum atomic E-state index is 11.0. The van der Waals surface area contributed by atoms with Gasteiger partial charge < -0.3 is 5.11 Å². The minimum absolute atomic E-state index is 0.329. The summed E-state index contributed by atoms with van der Waals surface area (Å²) in [7, 11) is 0. The monoisotopic (exact) mass is 180 g/mol.